The molecule has 0 radical (unpaired) electrons. The van der Waals surface area contributed by atoms with Crippen LogP contribution in [0.4, 0.5) is 0 Å². The predicted octanol–water partition coefficient (Wildman–Crippen LogP) is 3.20. The average Bonchev–Trinajstić information content (AvgIpc) is 2.08. The number of hydrogen-bond donors (Lipinski definition) is 0. The van der Waals surface area contributed by atoms with Gasteiger partial charge in [-0.25, -0.2) is 0 Å². The van der Waals surface area contributed by atoms with Gasteiger partial charge in [-0.05, 0) is 42.5 Å². The molecule has 0 aromatic heterocycles. The van der Waals surface area contributed by atoms with Crippen molar-refractivity contribution in [3.05, 3.63) is 29.3 Å². The van der Waals surface area contributed by atoms with Gasteiger partial charge < -0.3 is 4.74 Å². The molecule has 0 fully saturated rings. The molecule has 0 aliphatic carbocycles. The lowest BCUT2D eigenvalue weighted by Crippen LogP contribution is -1.97. The van der Waals surface area contributed by atoms with Crippen LogP contribution in [0, 0.1) is 12.8 Å². The van der Waals surface area contributed by atoms with E-state index in [-0.39, 0.29) is 0 Å². The van der Waals surface area contributed by atoms with Crippen molar-refractivity contribution in [2.45, 2.75) is 27.2 Å². The molecule has 0 amide bonds. The molecule has 1 nitrogen and oxygen atoms in total. The van der Waals surface area contributed by atoms with Crippen LogP contribution in [-0.4, -0.2) is 7.11 Å². The van der Waals surface area contributed by atoms with Crippen LogP contribution < -0.4 is 4.74 Å². The van der Waals surface area contributed by atoms with Gasteiger partial charge in [-0.2, -0.15) is 0 Å². The molecule has 13 heavy (non-hydrogen) atoms. The molecule has 0 aliphatic heterocycles. The second kappa shape index (κ2) is 4.31. The van der Waals surface area contributed by atoms with Crippen molar-refractivity contribution >= 4 is 0 Å². The first-order valence-corrected chi connectivity index (χ1v) is 4.77. The van der Waals surface area contributed by atoms with Gasteiger partial charge in [0, 0.05) is 0 Å². The summed E-state index contributed by atoms with van der Waals surface area (Å²) in [6.45, 7) is 6.62. The van der Waals surface area contributed by atoms with E-state index < -0.39 is 0 Å². The third kappa shape index (κ3) is 2.76. The van der Waals surface area contributed by atoms with Gasteiger partial charge in [0.2, 0.25) is 0 Å². The molecule has 0 spiro atoms. The summed E-state index contributed by atoms with van der Waals surface area (Å²) < 4.78 is 5.15. The smallest absolute Gasteiger partial charge is 0.119 e. The number of methoxy groups -OCH3 is 1. The molecular formula is C12H18O. The van der Waals surface area contributed by atoms with E-state index in [1.54, 1.807) is 7.11 Å². The Kier molecular flexibility index (Phi) is 3.35. The van der Waals surface area contributed by atoms with Crippen LogP contribution in [0.25, 0.3) is 0 Å². The van der Waals surface area contributed by atoms with Gasteiger partial charge in [0.1, 0.15) is 5.75 Å². The molecule has 72 valence electrons. The third-order valence-electron chi connectivity index (χ3n) is 2.18. The van der Waals surface area contributed by atoms with E-state index in [0.717, 1.165) is 12.2 Å². The predicted molar refractivity (Wildman–Crippen MR) is 56.3 cm³/mol. The normalized spacial score (nSPS) is 10.5. The van der Waals surface area contributed by atoms with Crippen LogP contribution in [0.15, 0.2) is 18.2 Å². The maximum absolute atomic E-state index is 5.15. The average molecular weight is 178 g/mol. The van der Waals surface area contributed by atoms with E-state index >= 15 is 0 Å². The summed E-state index contributed by atoms with van der Waals surface area (Å²) >= 11 is 0. The minimum absolute atomic E-state index is 0.715. The maximum Gasteiger partial charge on any atom is 0.119 e. The van der Waals surface area contributed by atoms with Crippen LogP contribution in [-0.2, 0) is 6.42 Å². The highest BCUT2D eigenvalue weighted by molar-refractivity contribution is 5.34. The number of hydrogen-bond acceptors (Lipinski definition) is 1. The minimum Gasteiger partial charge on any atom is -0.497 e. The van der Waals surface area contributed by atoms with Crippen LogP contribution in [0.3, 0.4) is 0 Å². The van der Waals surface area contributed by atoms with Gasteiger partial charge in [-0.3, -0.25) is 0 Å². The monoisotopic (exact) mass is 178 g/mol. The van der Waals surface area contributed by atoms with E-state index in [4.69, 9.17) is 4.74 Å². The molecule has 0 N–H and O–H groups in total. The molecule has 1 heteroatoms. The van der Waals surface area contributed by atoms with Gasteiger partial charge in [-0.1, -0.05) is 19.9 Å². The minimum atomic E-state index is 0.715. The number of aryl methyl sites for hydroxylation is 1. The quantitative estimate of drug-likeness (QED) is 0.690. The van der Waals surface area contributed by atoms with Crippen molar-refractivity contribution in [3.8, 4) is 5.75 Å². The number of benzene rings is 1. The second-order valence-corrected chi connectivity index (χ2v) is 3.89. The summed E-state index contributed by atoms with van der Waals surface area (Å²) in [5, 5.41) is 0. The summed E-state index contributed by atoms with van der Waals surface area (Å²) in [6, 6.07) is 6.29. The highest BCUT2D eigenvalue weighted by atomic mass is 16.5. The zero-order chi connectivity index (χ0) is 9.84. The van der Waals surface area contributed by atoms with E-state index in [9.17, 15) is 0 Å². The fourth-order valence-corrected chi connectivity index (χ4v) is 1.46. The summed E-state index contributed by atoms with van der Waals surface area (Å²) in [4.78, 5) is 0. The van der Waals surface area contributed by atoms with Crippen molar-refractivity contribution < 1.29 is 4.74 Å². The molecule has 0 aliphatic rings. The molecule has 0 atom stereocenters. The van der Waals surface area contributed by atoms with E-state index in [1.165, 1.54) is 11.1 Å². The SMILES string of the molecule is COc1ccc(CC(C)C)c(C)c1. The fourth-order valence-electron chi connectivity index (χ4n) is 1.46. The molecule has 0 heterocycles. The molecule has 0 bridgehead atoms. The Morgan fingerprint density at radius 3 is 2.46 bits per heavy atom. The Balaban J connectivity index is 2.85. The van der Waals surface area contributed by atoms with E-state index in [0.29, 0.717) is 5.92 Å². The largest absolute Gasteiger partial charge is 0.497 e. The van der Waals surface area contributed by atoms with Crippen molar-refractivity contribution in [3.63, 3.8) is 0 Å². The maximum atomic E-state index is 5.15. The Hall–Kier alpha value is -0.980. The zero-order valence-electron chi connectivity index (χ0n) is 8.92. The highest BCUT2D eigenvalue weighted by Crippen LogP contribution is 2.19. The fraction of sp³-hybridized carbons (Fsp3) is 0.500. The lowest BCUT2D eigenvalue weighted by atomic mass is 9.99. The van der Waals surface area contributed by atoms with Crippen molar-refractivity contribution in [1.29, 1.82) is 0 Å². The first kappa shape index (κ1) is 10.1. The highest BCUT2D eigenvalue weighted by Gasteiger charge is 2.02. The van der Waals surface area contributed by atoms with E-state index in [2.05, 4.69) is 32.9 Å². The standard InChI is InChI=1S/C12H18O/c1-9(2)7-11-5-6-12(13-4)8-10(11)3/h5-6,8-9H,7H2,1-4H3. The Morgan fingerprint density at radius 1 is 1.31 bits per heavy atom. The molecule has 0 saturated carbocycles. The van der Waals surface area contributed by atoms with Crippen LogP contribution in [0.2, 0.25) is 0 Å². The van der Waals surface area contributed by atoms with Gasteiger partial charge in [-0.15, -0.1) is 0 Å². The molecule has 1 aromatic rings. The third-order valence-corrected chi connectivity index (χ3v) is 2.18. The summed E-state index contributed by atoms with van der Waals surface area (Å²) in [7, 11) is 1.71. The first-order valence-electron chi connectivity index (χ1n) is 4.77. The summed E-state index contributed by atoms with van der Waals surface area (Å²) in [5.41, 5.74) is 2.75. The van der Waals surface area contributed by atoms with Gasteiger partial charge in [0.15, 0.2) is 0 Å². The molecule has 1 rings (SSSR count). The van der Waals surface area contributed by atoms with Crippen LogP contribution in [0.1, 0.15) is 25.0 Å². The number of ether oxygens (including phenoxy) is 1. The summed E-state index contributed by atoms with van der Waals surface area (Å²) in [6.07, 6.45) is 1.15. The Morgan fingerprint density at radius 2 is 2.00 bits per heavy atom. The molecule has 1 aromatic carbocycles. The van der Waals surface area contributed by atoms with Gasteiger partial charge in [0.05, 0.1) is 7.11 Å². The second-order valence-electron chi connectivity index (χ2n) is 3.89. The van der Waals surface area contributed by atoms with Gasteiger partial charge in [0.25, 0.3) is 0 Å². The lowest BCUT2D eigenvalue weighted by Gasteiger charge is -2.09. The Bertz CT molecular complexity index is 276. The van der Waals surface area contributed by atoms with E-state index in [1.807, 2.05) is 6.07 Å². The Labute approximate surface area is 80.7 Å². The van der Waals surface area contributed by atoms with Crippen LogP contribution in [0.5, 0.6) is 5.75 Å². The van der Waals surface area contributed by atoms with Gasteiger partial charge >= 0.3 is 0 Å². The van der Waals surface area contributed by atoms with Crippen molar-refractivity contribution in [2.75, 3.05) is 7.11 Å². The van der Waals surface area contributed by atoms with Crippen molar-refractivity contribution in [2.24, 2.45) is 5.92 Å². The topological polar surface area (TPSA) is 9.23 Å². The number of rotatable bonds is 3. The first-order chi connectivity index (χ1) is 6.13. The van der Waals surface area contributed by atoms with Crippen molar-refractivity contribution in [1.82, 2.24) is 0 Å². The zero-order valence-corrected chi connectivity index (χ0v) is 8.92. The van der Waals surface area contributed by atoms with Crippen LogP contribution >= 0.6 is 0 Å². The summed E-state index contributed by atoms with van der Waals surface area (Å²) in [5.74, 6) is 1.66. The lowest BCUT2D eigenvalue weighted by molar-refractivity contribution is 0.414. The molecular weight excluding hydrogens is 160 g/mol. The molecule has 0 saturated heterocycles. The molecule has 0 unspecified atom stereocenters.